The molecule has 2 rings (SSSR count). The number of benzene rings is 1. The Bertz CT molecular complexity index is 417. The predicted octanol–water partition coefficient (Wildman–Crippen LogP) is 5.68. The van der Waals surface area contributed by atoms with Gasteiger partial charge in [0.05, 0.1) is 10.7 Å². The van der Waals surface area contributed by atoms with Crippen LogP contribution in [0.1, 0.15) is 44.6 Å². The molecule has 2 unspecified atom stereocenters. The minimum atomic E-state index is 0.542. The van der Waals surface area contributed by atoms with Crippen molar-refractivity contribution in [3.8, 4) is 0 Å². The molecule has 0 aromatic heterocycles. The second-order valence-corrected chi connectivity index (χ2v) is 6.10. The number of aryl methyl sites for hydroxylation is 1. The lowest BCUT2D eigenvalue weighted by Crippen LogP contribution is -2.31. The number of nitrogens with one attached hydrogen (secondary N) is 1. The maximum Gasteiger partial charge on any atom is 0.0641 e. The van der Waals surface area contributed by atoms with Gasteiger partial charge in [-0.3, -0.25) is 0 Å². The maximum absolute atomic E-state index is 6.29. The molecule has 1 aromatic rings. The van der Waals surface area contributed by atoms with Crippen molar-refractivity contribution in [3.05, 3.63) is 27.7 Å². The first kappa shape index (κ1) is 14.0. The van der Waals surface area contributed by atoms with Crippen molar-refractivity contribution in [3.63, 3.8) is 0 Å². The lowest BCUT2D eigenvalue weighted by Gasteiger charge is -2.32. The van der Waals surface area contributed by atoms with Crippen molar-refractivity contribution in [2.45, 2.75) is 52.0 Å². The lowest BCUT2D eigenvalue weighted by molar-refractivity contribution is 0.317. The van der Waals surface area contributed by atoms with Crippen LogP contribution in [-0.2, 0) is 0 Å². The van der Waals surface area contributed by atoms with Crippen molar-refractivity contribution < 1.29 is 0 Å². The molecule has 1 saturated carbocycles. The summed E-state index contributed by atoms with van der Waals surface area (Å²) in [4.78, 5) is 0. The second kappa shape index (κ2) is 6.16. The molecule has 100 valence electrons. The minimum Gasteiger partial charge on any atom is -0.381 e. The first-order valence-corrected chi connectivity index (χ1v) is 7.59. The van der Waals surface area contributed by atoms with Crippen LogP contribution < -0.4 is 5.32 Å². The van der Waals surface area contributed by atoms with Gasteiger partial charge < -0.3 is 5.32 Å². The highest BCUT2D eigenvalue weighted by Crippen LogP contribution is 2.34. The van der Waals surface area contributed by atoms with Crippen LogP contribution in [0.25, 0.3) is 0 Å². The quantitative estimate of drug-likeness (QED) is 0.753. The van der Waals surface area contributed by atoms with E-state index in [4.69, 9.17) is 23.2 Å². The molecule has 1 N–H and O–H groups in total. The molecule has 3 heteroatoms. The van der Waals surface area contributed by atoms with Crippen LogP contribution in [0.15, 0.2) is 12.1 Å². The molecule has 0 aliphatic heterocycles. The number of hydrogen-bond donors (Lipinski definition) is 1. The number of hydrogen-bond acceptors (Lipinski definition) is 1. The molecule has 0 amide bonds. The van der Waals surface area contributed by atoms with Crippen molar-refractivity contribution in [2.75, 3.05) is 5.32 Å². The average Bonchev–Trinajstić information content (AvgIpc) is 2.36. The van der Waals surface area contributed by atoms with Crippen molar-refractivity contribution in [2.24, 2.45) is 5.92 Å². The number of anilines is 1. The molecule has 0 radical (unpaired) electrons. The molecule has 1 nitrogen and oxygen atoms in total. The average molecular weight is 286 g/mol. The Morgan fingerprint density at radius 3 is 2.61 bits per heavy atom. The molecule has 0 heterocycles. The molecular formula is C15H21Cl2N. The molecule has 2 atom stereocenters. The standard InChI is InChI=1S/C15H21Cl2N/c1-3-11-6-4-5-7-14(11)18-15-9-12(16)10(2)8-13(15)17/h8-9,11,14,18H,3-7H2,1-2H3. The van der Waals surface area contributed by atoms with E-state index in [0.717, 1.165) is 27.2 Å². The molecule has 1 aliphatic rings. The highest BCUT2D eigenvalue weighted by atomic mass is 35.5. The molecule has 0 saturated heterocycles. The zero-order valence-electron chi connectivity index (χ0n) is 11.1. The Kier molecular flexibility index (Phi) is 4.80. The Morgan fingerprint density at radius 2 is 1.89 bits per heavy atom. The molecule has 0 spiro atoms. The molecule has 18 heavy (non-hydrogen) atoms. The fourth-order valence-corrected chi connectivity index (χ4v) is 3.28. The van der Waals surface area contributed by atoms with Gasteiger partial charge in [0.25, 0.3) is 0 Å². The van der Waals surface area contributed by atoms with Gasteiger partial charge >= 0.3 is 0 Å². The summed E-state index contributed by atoms with van der Waals surface area (Å²) in [6.45, 7) is 4.25. The van der Waals surface area contributed by atoms with Gasteiger partial charge in [0.2, 0.25) is 0 Å². The monoisotopic (exact) mass is 285 g/mol. The van der Waals surface area contributed by atoms with E-state index in [9.17, 15) is 0 Å². The van der Waals surface area contributed by atoms with Crippen molar-refractivity contribution in [1.29, 1.82) is 0 Å². The van der Waals surface area contributed by atoms with E-state index >= 15 is 0 Å². The fraction of sp³-hybridized carbons (Fsp3) is 0.600. The van der Waals surface area contributed by atoms with Gasteiger partial charge in [-0.15, -0.1) is 0 Å². The summed E-state index contributed by atoms with van der Waals surface area (Å²) in [7, 11) is 0. The largest absolute Gasteiger partial charge is 0.381 e. The minimum absolute atomic E-state index is 0.542. The van der Waals surface area contributed by atoms with E-state index in [2.05, 4.69) is 12.2 Å². The third-order valence-electron chi connectivity index (χ3n) is 4.02. The van der Waals surface area contributed by atoms with Gasteiger partial charge in [0, 0.05) is 11.1 Å². The molecule has 1 aliphatic carbocycles. The van der Waals surface area contributed by atoms with E-state index in [1.807, 2.05) is 19.1 Å². The van der Waals surface area contributed by atoms with Gasteiger partial charge in [-0.1, -0.05) is 49.4 Å². The highest BCUT2D eigenvalue weighted by Gasteiger charge is 2.24. The summed E-state index contributed by atoms with van der Waals surface area (Å²) < 4.78 is 0. The topological polar surface area (TPSA) is 12.0 Å². The van der Waals surface area contributed by atoms with Crippen LogP contribution in [0.2, 0.25) is 10.0 Å². The summed E-state index contributed by atoms with van der Waals surface area (Å²) in [6, 6.07) is 4.44. The maximum atomic E-state index is 6.29. The molecule has 1 aromatic carbocycles. The van der Waals surface area contributed by atoms with E-state index in [0.29, 0.717) is 6.04 Å². The molecule has 1 fully saturated rings. The summed E-state index contributed by atoms with van der Waals surface area (Å²) in [6.07, 6.45) is 6.46. The summed E-state index contributed by atoms with van der Waals surface area (Å²) in [5, 5.41) is 5.16. The van der Waals surface area contributed by atoms with Gasteiger partial charge in [-0.25, -0.2) is 0 Å². The fourth-order valence-electron chi connectivity index (χ4n) is 2.84. The van der Waals surface area contributed by atoms with E-state index in [-0.39, 0.29) is 0 Å². The molecule has 0 bridgehead atoms. The first-order chi connectivity index (χ1) is 8.61. The summed E-state index contributed by atoms with van der Waals surface area (Å²) in [5.41, 5.74) is 2.01. The Hall–Kier alpha value is -0.400. The zero-order chi connectivity index (χ0) is 13.1. The zero-order valence-corrected chi connectivity index (χ0v) is 12.6. The van der Waals surface area contributed by atoms with Gasteiger partial charge in [0.1, 0.15) is 0 Å². The van der Waals surface area contributed by atoms with E-state index in [1.54, 1.807) is 0 Å². The van der Waals surface area contributed by atoms with Crippen LogP contribution in [0.4, 0.5) is 5.69 Å². The molecular weight excluding hydrogens is 265 g/mol. The SMILES string of the molecule is CCC1CCCCC1Nc1cc(Cl)c(C)cc1Cl. The third-order valence-corrected chi connectivity index (χ3v) is 4.74. The number of halogens is 2. The second-order valence-electron chi connectivity index (χ2n) is 5.28. The van der Waals surface area contributed by atoms with Crippen LogP contribution >= 0.6 is 23.2 Å². The Labute approximate surface area is 120 Å². The van der Waals surface area contributed by atoms with Crippen LogP contribution in [0.5, 0.6) is 0 Å². The third kappa shape index (κ3) is 3.13. The Morgan fingerprint density at radius 1 is 1.17 bits per heavy atom. The van der Waals surface area contributed by atoms with Gasteiger partial charge in [0.15, 0.2) is 0 Å². The van der Waals surface area contributed by atoms with Crippen LogP contribution in [-0.4, -0.2) is 6.04 Å². The van der Waals surface area contributed by atoms with Crippen LogP contribution in [0, 0.1) is 12.8 Å². The number of rotatable bonds is 3. The summed E-state index contributed by atoms with van der Waals surface area (Å²) >= 11 is 12.5. The van der Waals surface area contributed by atoms with Crippen LogP contribution in [0.3, 0.4) is 0 Å². The predicted molar refractivity (Wildman–Crippen MR) is 80.9 cm³/mol. The van der Waals surface area contributed by atoms with Gasteiger partial charge in [-0.05, 0) is 43.4 Å². The first-order valence-electron chi connectivity index (χ1n) is 6.84. The summed E-state index contributed by atoms with van der Waals surface area (Å²) in [5.74, 6) is 0.759. The smallest absolute Gasteiger partial charge is 0.0641 e. The Balaban J connectivity index is 2.15. The van der Waals surface area contributed by atoms with Crippen molar-refractivity contribution >= 4 is 28.9 Å². The van der Waals surface area contributed by atoms with E-state index < -0.39 is 0 Å². The van der Waals surface area contributed by atoms with Gasteiger partial charge in [-0.2, -0.15) is 0 Å². The van der Waals surface area contributed by atoms with E-state index in [1.165, 1.54) is 32.1 Å². The van der Waals surface area contributed by atoms with Crippen molar-refractivity contribution in [1.82, 2.24) is 0 Å². The lowest BCUT2D eigenvalue weighted by atomic mass is 9.83. The normalized spacial score (nSPS) is 24.0. The highest BCUT2D eigenvalue weighted by molar-refractivity contribution is 6.35.